The van der Waals surface area contributed by atoms with Crippen molar-refractivity contribution in [3.63, 3.8) is 0 Å². The van der Waals surface area contributed by atoms with Crippen LogP contribution in [0.4, 0.5) is 0 Å². The van der Waals surface area contributed by atoms with Gasteiger partial charge in [-0.1, -0.05) is 0 Å². The summed E-state index contributed by atoms with van der Waals surface area (Å²) in [5, 5.41) is 17.5. The zero-order chi connectivity index (χ0) is 6.15. The fraction of sp³-hybridized carbons (Fsp3) is 1.00. The summed E-state index contributed by atoms with van der Waals surface area (Å²) in [7, 11) is 0. The van der Waals surface area contributed by atoms with Crippen LogP contribution in [0.5, 0.6) is 0 Å². The van der Waals surface area contributed by atoms with E-state index in [1.54, 1.807) is 0 Å². The van der Waals surface area contributed by atoms with Gasteiger partial charge in [0.05, 0.1) is 6.61 Å². The minimum Gasteiger partial charge on any atom is -0.388 e. The van der Waals surface area contributed by atoms with Crippen LogP contribution < -0.4 is 5.73 Å². The fourth-order valence-corrected chi connectivity index (χ4v) is 0.626. The molecule has 4 nitrogen and oxygen atoms in total. The van der Waals surface area contributed by atoms with Crippen molar-refractivity contribution in [2.24, 2.45) is 5.73 Å². The molecule has 1 fully saturated rings. The van der Waals surface area contributed by atoms with E-state index in [1.807, 2.05) is 0 Å². The molecule has 1 rings (SSSR count). The van der Waals surface area contributed by atoms with Crippen LogP contribution in [0, 0.1) is 0 Å². The zero-order valence-electron chi connectivity index (χ0n) is 4.32. The van der Waals surface area contributed by atoms with E-state index in [2.05, 4.69) is 4.74 Å². The number of aliphatic hydroxyl groups excluding tert-OH is 2. The highest BCUT2D eigenvalue weighted by atomic mass is 16.5. The van der Waals surface area contributed by atoms with E-state index in [4.69, 9.17) is 15.9 Å². The highest BCUT2D eigenvalue weighted by Crippen LogP contribution is 2.08. The van der Waals surface area contributed by atoms with Gasteiger partial charge in [0, 0.05) is 0 Å². The molecule has 4 N–H and O–H groups in total. The minimum absolute atomic E-state index is 0.141. The molecule has 3 atom stereocenters. The van der Waals surface area contributed by atoms with Crippen molar-refractivity contribution in [1.82, 2.24) is 0 Å². The number of ether oxygens (including phenoxy) is 1. The van der Waals surface area contributed by atoms with Gasteiger partial charge in [0.25, 0.3) is 0 Å². The minimum atomic E-state index is -0.907. The predicted octanol–water partition coefficient (Wildman–Crippen LogP) is -1.98. The third kappa shape index (κ3) is 0.830. The first-order chi connectivity index (χ1) is 3.72. The largest absolute Gasteiger partial charge is 0.388 e. The summed E-state index contributed by atoms with van der Waals surface area (Å²) in [5.41, 5.74) is 5.14. The summed E-state index contributed by atoms with van der Waals surface area (Å²) in [4.78, 5) is 0. The Balaban J connectivity index is 2.44. The Bertz CT molecular complexity index is 77.4. The van der Waals surface area contributed by atoms with E-state index < -0.39 is 18.4 Å². The van der Waals surface area contributed by atoms with Gasteiger partial charge in [-0.15, -0.1) is 0 Å². The molecule has 0 aromatic heterocycles. The molecule has 1 unspecified atom stereocenters. The molecule has 1 aliphatic heterocycles. The third-order valence-corrected chi connectivity index (χ3v) is 1.19. The molecule has 4 heteroatoms. The van der Waals surface area contributed by atoms with Gasteiger partial charge in [-0.25, -0.2) is 0 Å². The second-order valence-corrected chi connectivity index (χ2v) is 1.86. The molecule has 0 aromatic carbocycles. The van der Waals surface area contributed by atoms with E-state index in [0.29, 0.717) is 0 Å². The lowest BCUT2D eigenvalue weighted by molar-refractivity contribution is 0.0265. The highest BCUT2D eigenvalue weighted by Gasteiger charge is 2.31. The van der Waals surface area contributed by atoms with Crippen LogP contribution >= 0.6 is 0 Å². The summed E-state index contributed by atoms with van der Waals surface area (Å²) in [6.45, 7) is 0.141. The van der Waals surface area contributed by atoms with Gasteiger partial charge in [-0.3, -0.25) is 0 Å². The van der Waals surface area contributed by atoms with Crippen molar-refractivity contribution in [2.75, 3.05) is 6.61 Å². The van der Waals surface area contributed by atoms with Gasteiger partial charge in [0.15, 0.2) is 0 Å². The third-order valence-electron chi connectivity index (χ3n) is 1.19. The van der Waals surface area contributed by atoms with Crippen molar-refractivity contribution < 1.29 is 14.9 Å². The average molecular weight is 119 g/mol. The van der Waals surface area contributed by atoms with E-state index in [-0.39, 0.29) is 6.61 Å². The normalized spacial score (nSPS) is 47.6. The van der Waals surface area contributed by atoms with Gasteiger partial charge in [-0.2, -0.15) is 0 Å². The average Bonchev–Trinajstić information content (AvgIpc) is 1.98. The molecule has 1 saturated heterocycles. The molecule has 0 aromatic rings. The van der Waals surface area contributed by atoms with E-state index in [1.165, 1.54) is 0 Å². The Labute approximate surface area is 46.9 Å². The van der Waals surface area contributed by atoms with E-state index in [9.17, 15) is 0 Å². The summed E-state index contributed by atoms with van der Waals surface area (Å²) >= 11 is 0. The van der Waals surface area contributed by atoms with Gasteiger partial charge in [0.1, 0.15) is 18.4 Å². The number of aliphatic hydroxyl groups is 2. The molecule has 0 radical (unpaired) electrons. The van der Waals surface area contributed by atoms with Crippen molar-refractivity contribution in [1.29, 1.82) is 0 Å². The molecular weight excluding hydrogens is 110 g/mol. The van der Waals surface area contributed by atoms with Crippen LogP contribution in [0.1, 0.15) is 0 Å². The van der Waals surface area contributed by atoms with Gasteiger partial charge >= 0.3 is 0 Å². The van der Waals surface area contributed by atoms with Crippen LogP contribution in [0.3, 0.4) is 0 Å². The lowest BCUT2D eigenvalue weighted by atomic mass is 10.2. The molecule has 0 bridgehead atoms. The Hall–Kier alpha value is -0.160. The Morgan fingerprint density at radius 3 is 2.25 bits per heavy atom. The van der Waals surface area contributed by atoms with Gasteiger partial charge in [-0.05, 0) is 0 Å². The second-order valence-electron chi connectivity index (χ2n) is 1.86. The summed E-state index contributed by atoms with van der Waals surface area (Å²) < 4.78 is 4.66. The molecular formula is C4H9NO3. The number of hydrogen-bond acceptors (Lipinski definition) is 4. The smallest absolute Gasteiger partial charge is 0.134 e. The summed E-state index contributed by atoms with van der Waals surface area (Å²) in [6, 6.07) is 0. The van der Waals surface area contributed by atoms with Crippen LogP contribution in [-0.4, -0.2) is 35.3 Å². The molecule has 0 saturated carbocycles. The molecule has 0 spiro atoms. The van der Waals surface area contributed by atoms with Crippen LogP contribution in [0.25, 0.3) is 0 Å². The van der Waals surface area contributed by atoms with Gasteiger partial charge < -0.3 is 20.7 Å². The van der Waals surface area contributed by atoms with Crippen molar-refractivity contribution in [3.8, 4) is 0 Å². The SMILES string of the molecule is NC1OC[C@@H](O)[C@@H]1O. The van der Waals surface area contributed by atoms with Crippen molar-refractivity contribution in [3.05, 3.63) is 0 Å². The number of hydrogen-bond donors (Lipinski definition) is 3. The van der Waals surface area contributed by atoms with Crippen molar-refractivity contribution >= 4 is 0 Å². The summed E-state index contributed by atoms with van der Waals surface area (Å²) in [6.07, 6.45) is -2.41. The standard InChI is InChI=1S/C4H9NO3/c5-4-3(7)2(6)1-8-4/h2-4,6-7H,1,5H2/t2-,3+,4?/m1/s1. The second kappa shape index (κ2) is 1.99. The first-order valence-corrected chi connectivity index (χ1v) is 2.45. The summed E-state index contributed by atoms with van der Waals surface area (Å²) in [5.74, 6) is 0. The van der Waals surface area contributed by atoms with E-state index in [0.717, 1.165) is 0 Å². The monoisotopic (exact) mass is 119 g/mol. The first kappa shape index (κ1) is 5.97. The topological polar surface area (TPSA) is 75.7 Å². The zero-order valence-corrected chi connectivity index (χ0v) is 4.32. The predicted molar refractivity (Wildman–Crippen MR) is 25.9 cm³/mol. The molecule has 1 heterocycles. The molecule has 48 valence electrons. The molecule has 8 heavy (non-hydrogen) atoms. The Morgan fingerprint density at radius 2 is 2.12 bits per heavy atom. The Morgan fingerprint density at radius 1 is 1.50 bits per heavy atom. The maximum Gasteiger partial charge on any atom is 0.134 e. The van der Waals surface area contributed by atoms with Crippen LogP contribution in [0.15, 0.2) is 0 Å². The Kier molecular flexibility index (Phi) is 1.48. The highest BCUT2D eigenvalue weighted by molar-refractivity contribution is 4.78. The first-order valence-electron chi connectivity index (χ1n) is 2.45. The van der Waals surface area contributed by atoms with Crippen LogP contribution in [0.2, 0.25) is 0 Å². The quantitative estimate of drug-likeness (QED) is 0.345. The maximum atomic E-state index is 8.77. The fourth-order valence-electron chi connectivity index (χ4n) is 0.626. The lowest BCUT2D eigenvalue weighted by Crippen LogP contribution is -2.35. The number of rotatable bonds is 0. The number of nitrogens with two attached hydrogens (primary N) is 1. The van der Waals surface area contributed by atoms with E-state index >= 15 is 0 Å². The molecule has 0 amide bonds. The maximum absolute atomic E-state index is 8.77. The molecule has 0 aliphatic carbocycles. The van der Waals surface area contributed by atoms with Gasteiger partial charge in [0.2, 0.25) is 0 Å². The van der Waals surface area contributed by atoms with Crippen LogP contribution in [-0.2, 0) is 4.74 Å². The van der Waals surface area contributed by atoms with Crippen molar-refractivity contribution in [2.45, 2.75) is 18.4 Å². The lowest BCUT2D eigenvalue weighted by Gasteiger charge is -2.07. The molecule has 1 aliphatic rings.